The number of carbonyl (C=O) groups is 3. The zero-order valence-corrected chi connectivity index (χ0v) is 17.0. The van der Waals surface area contributed by atoms with Crippen molar-refractivity contribution in [2.75, 3.05) is 24.5 Å². The topological polar surface area (TPSA) is 82.9 Å². The second-order valence-electron chi connectivity index (χ2n) is 7.93. The molecule has 4 rings (SSSR count). The van der Waals surface area contributed by atoms with Crippen molar-refractivity contribution in [3.63, 3.8) is 0 Å². The average molecular weight is 409 g/mol. The highest BCUT2D eigenvalue weighted by atomic mass is 16.3. The number of likely N-dealkylation sites (tertiary alicyclic amines) is 1. The minimum absolute atomic E-state index is 0.0135. The Kier molecular flexibility index (Phi) is 6.16. The fourth-order valence-electron chi connectivity index (χ4n) is 4.15. The van der Waals surface area contributed by atoms with Crippen LogP contribution in [0, 0.1) is 5.92 Å². The van der Waals surface area contributed by atoms with Crippen LogP contribution in [0.4, 0.5) is 5.69 Å². The summed E-state index contributed by atoms with van der Waals surface area (Å²) in [6.07, 6.45) is 5.34. The number of amides is 3. The first kappa shape index (κ1) is 20.2. The van der Waals surface area contributed by atoms with E-state index in [2.05, 4.69) is 5.32 Å². The summed E-state index contributed by atoms with van der Waals surface area (Å²) in [6, 6.07) is 11.2. The van der Waals surface area contributed by atoms with Crippen molar-refractivity contribution in [3.8, 4) is 0 Å². The SMILES string of the molecule is O=C(NCc1cccc(N2CCCCC2=O)c1)C1CCN(C(=O)c2ccco2)CC1. The number of hydrogen-bond donors (Lipinski definition) is 1. The van der Waals surface area contributed by atoms with E-state index in [1.807, 2.05) is 29.2 Å². The maximum absolute atomic E-state index is 12.6. The number of hydrogen-bond acceptors (Lipinski definition) is 4. The maximum atomic E-state index is 12.6. The highest BCUT2D eigenvalue weighted by molar-refractivity contribution is 5.94. The summed E-state index contributed by atoms with van der Waals surface area (Å²) in [6.45, 7) is 2.28. The Bertz CT molecular complexity index is 901. The summed E-state index contributed by atoms with van der Waals surface area (Å²) in [4.78, 5) is 40.7. The molecule has 0 spiro atoms. The molecule has 1 N–H and O–H groups in total. The van der Waals surface area contributed by atoms with Gasteiger partial charge in [0.05, 0.1) is 6.26 Å². The third-order valence-corrected chi connectivity index (χ3v) is 5.90. The molecule has 7 nitrogen and oxygen atoms in total. The highest BCUT2D eigenvalue weighted by Gasteiger charge is 2.28. The van der Waals surface area contributed by atoms with Gasteiger partial charge < -0.3 is 19.5 Å². The molecule has 2 fully saturated rings. The van der Waals surface area contributed by atoms with E-state index in [0.717, 1.165) is 30.6 Å². The minimum atomic E-state index is -0.122. The van der Waals surface area contributed by atoms with E-state index in [9.17, 15) is 14.4 Å². The lowest BCUT2D eigenvalue weighted by Gasteiger charge is -2.30. The van der Waals surface area contributed by atoms with Gasteiger partial charge >= 0.3 is 0 Å². The first-order valence-electron chi connectivity index (χ1n) is 10.6. The smallest absolute Gasteiger partial charge is 0.289 e. The molecule has 1 aromatic heterocycles. The number of anilines is 1. The van der Waals surface area contributed by atoms with E-state index in [1.165, 1.54) is 6.26 Å². The number of nitrogens with zero attached hydrogens (tertiary/aromatic N) is 2. The molecule has 0 atom stereocenters. The van der Waals surface area contributed by atoms with E-state index < -0.39 is 0 Å². The molecule has 30 heavy (non-hydrogen) atoms. The normalized spacial score (nSPS) is 17.8. The monoisotopic (exact) mass is 409 g/mol. The molecule has 0 bridgehead atoms. The summed E-state index contributed by atoms with van der Waals surface area (Å²) in [5, 5.41) is 3.02. The first-order valence-corrected chi connectivity index (χ1v) is 10.6. The van der Waals surface area contributed by atoms with Gasteiger partial charge in [0.1, 0.15) is 0 Å². The van der Waals surface area contributed by atoms with Crippen LogP contribution in [0.2, 0.25) is 0 Å². The average Bonchev–Trinajstić information content (AvgIpc) is 3.32. The molecular formula is C23H27N3O4. The van der Waals surface area contributed by atoms with E-state index in [0.29, 0.717) is 44.7 Å². The third-order valence-electron chi connectivity index (χ3n) is 5.90. The molecular weight excluding hydrogens is 382 g/mol. The molecule has 0 radical (unpaired) electrons. The summed E-state index contributed by atoms with van der Waals surface area (Å²) in [7, 11) is 0. The zero-order valence-electron chi connectivity index (χ0n) is 17.0. The maximum Gasteiger partial charge on any atom is 0.289 e. The van der Waals surface area contributed by atoms with Gasteiger partial charge in [0, 0.05) is 44.2 Å². The molecule has 2 saturated heterocycles. The molecule has 158 valence electrons. The largest absolute Gasteiger partial charge is 0.459 e. The predicted molar refractivity (Wildman–Crippen MR) is 112 cm³/mol. The second-order valence-corrected chi connectivity index (χ2v) is 7.93. The molecule has 2 aromatic rings. The lowest BCUT2D eigenvalue weighted by Crippen LogP contribution is -2.42. The molecule has 2 aliphatic rings. The second kappa shape index (κ2) is 9.15. The molecule has 3 heterocycles. The molecule has 0 unspecified atom stereocenters. The Morgan fingerprint density at radius 3 is 2.63 bits per heavy atom. The Labute approximate surface area is 176 Å². The Morgan fingerprint density at radius 2 is 1.90 bits per heavy atom. The van der Waals surface area contributed by atoms with Crippen LogP contribution in [-0.2, 0) is 16.1 Å². The summed E-state index contributed by atoms with van der Waals surface area (Å²) in [5.41, 5.74) is 1.88. The molecule has 0 aliphatic carbocycles. The van der Waals surface area contributed by atoms with Crippen molar-refractivity contribution in [3.05, 3.63) is 54.0 Å². The fourth-order valence-corrected chi connectivity index (χ4v) is 4.15. The van der Waals surface area contributed by atoms with Gasteiger partial charge in [-0.15, -0.1) is 0 Å². The number of carbonyl (C=O) groups excluding carboxylic acids is 3. The van der Waals surface area contributed by atoms with Crippen molar-refractivity contribution in [2.45, 2.75) is 38.6 Å². The van der Waals surface area contributed by atoms with Gasteiger partial charge in [-0.3, -0.25) is 14.4 Å². The highest BCUT2D eigenvalue weighted by Crippen LogP contribution is 2.23. The third kappa shape index (κ3) is 4.56. The van der Waals surface area contributed by atoms with Gasteiger partial charge in [-0.05, 0) is 55.5 Å². The molecule has 7 heteroatoms. The van der Waals surface area contributed by atoms with Crippen molar-refractivity contribution in [1.82, 2.24) is 10.2 Å². The lowest BCUT2D eigenvalue weighted by atomic mass is 9.95. The number of piperidine rings is 2. The van der Waals surface area contributed by atoms with Crippen LogP contribution >= 0.6 is 0 Å². The van der Waals surface area contributed by atoms with Crippen LogP contribution in [0.3, 0.4) is 0 Å². The Balaban J connectivity index is 1.28. The van der Waals surface area contributed by atoms with E-state index in [4.69, 9.17) is 4.42 Å². The lowest BCUT2D eigenvalue weighted by molar-refractivity contribution is -0.126. The quantitative estimate of drug-likeness (QED) is 0.823. The van der Waals surface area contributed by atoms with Crippen LogP contribution in [0.15, 0.2) is 47.1 Å². The van der Waals surface area contributed by atoms with E-state index >= 15 is 0 Å². The van der Waals surface area contributed by atoms with Gasteiger partial charge in [0.2, 0.25) is 11.8 Å². The minimum Gasteiger partial charge on any atom is -0.459 e. The number of rotatable bonds is 5. The first-order chi connectivity index (χ1) is 14.6. The van der Waals surface area contributed by atoms with Gasteiger partial charge in [0.25, 0.3) is 5.91 Å². The van der Waals surface area contributed by atoms with Crippen molar-refractivity contribution < 1.29 is 18.8 Å². The van der Waals surface area contributed by atoms with Crippen LogP contribution in [0.25, 0.3) is 0 Å². The van der Waals surface area contributed by atoms with Crippen LogP contribution in [-0.4, -0.2) is 42.3 Å². The van der Waals surface area contributed by atoms with E-state index in [1.54, 1.807) is 17.0 Å². The van der Waals surface area contributed by atoms with Crippen LogP contribution < -0.4 is 10.2 Å². The van der Waals surface area contributed by atoms with Crippen LogP contribution in [0.1, 0.15) is 48.2 Å². The molecule has 2 aliphatic heterocycles. The van der Waals surface area contributed by atoms with Crippen LogP contribution in [0.5, 0.6) is 0 Å². The number of furan rings is 1. The summed E-state index contributed by atoms with van der Waals surface area (Å²) in [5.74, 6) is 0.295. The zero-order chi connectivity index (χ0) is 20.9. The van der Waals surface area contributed by atoms with Gasteiger partial charge in [-0.2, -0.15) is 0 Å². The summed E-state index contributed by atoms with van der Waals surface area (Å²) < 4.78 is 5.18. The Morgan fingerprint density at radius 1 is 1.07 bits per heavy atom. The van der Waals surface area contributed by atoms with Crippen molar-refractivity contribution in [2.24, 2.45) is 5.92 Å². The van der Waals surface area contributed by atoms with Gasteiger partial charge in [-0.25, -0.2) is 0 Å². The van der Waals surface area contributed by atoms with Crippen molar-refractivity contribution in [1.29, 1.82) is 0 Å². The Hall–Kier alpha value is -3.09. The van der Waals surface area contributed by atoms with E-state index in [-0.39, 0.29) is 23.6 Å². The number of benzene rings is 1. The number of nitrogens with one attached hydrogen (secondary N) is 1. The molecule has 0 saturated carbocycles. The molecule has 3 amide bonds. The molecule has 1 aromatic carbocycles. The summed E-state index contributed by atoms with van der Waals surface area (Å²) >= 11 is 0. The van der Waals surface area contributed by atoms with Gasteiger partial charge in [0.15, 0.2) is 5.76 Å². The fraction of sp³-hybridized carbons (Fsp3) is 0.435. The standard InChI is InChI=1S/C23H27N3O4/c27-21-8-1-2-11-26(21)19-6-3-5-17(15-19)16-24-22(28)18-9-12-25(13-10-18)23(29)20-7-4-14-30-20/h3-7,14-15,18H,1-2,8-13,16H2,(H,24,28). The predicted octanol–water partition coefficient (Wildman–Crippen LogP) is 2.97. The van der Waals surface area contributed by atoms with Crippen molar-refractivity contribution >= 4 is 23.4 Å². The van der Waals surface area contributed by atoms with Gasteiger partial charge in [-0.1, -0.05) is 12.1 Å².